The van der Waals surface area contributed by atoms with Gasteiger partial charge < -0.3 is 10.8 Å². The van der Waals surface area contributed by atoms with Crippen molar-refractivity contribution in [2.45, 2.75) is 25.2 Å². The van der Waals surface area contributed by atoms with Crippen molar-refractivity contribution in [3.63, 3.8) is 0 Å². The molecule has 0 radical (unpaired) electrons. The minimum Gasteiger partial charge on any atom is -0.391 e. The zero-order chi connectivity index (χ0) is 12.5. The average Bonchev–Trinajstić information content (AvgIpc) is 2.15. The first-order chi connectivity index (χ1) is 7.25. The summed E-state index contributed by atoms with van der Waals surface area (Å²) in [7, 11) is 0. The van der Waals surface area contributed by atoms with Crippen molar-refractivity contribution in [2.75, 3.05) is 0 Å². The Labute approximate surface area is 95.8 Å². The Bertz CT molecular complexity index is 379. The van der Waals surface area contributed by atoms with E-state index in [1.54, 1.807) is 0 Å². The first-order valence-electron chi connectivity index (χ1n) is 4.54. The number of rotatable bonds is 2. The molecule has 16 heavy (non-hydrogen) atoms. The normalized spacial score (nSPS) is 15.9. The molecule has 0 unspecified atom stereocenters. The predicted octanol–water partition coefficient (Wildman–Crippen LogP) is 2.74. The second-order valence-electron chi connectivity index (χ2n) is 3.47. The van der Waals surface area contributed by atoms with Gasteiger partial charge >= 0.3 is 6.18 Å². The van der Waals surface area contributed by atoms with Crippen LogP contribution in [0.2, 0.25) is 5.02 Å². The van der Waals surface area contributed by atoms with E-state index in [1.165, 1.54) is 19.1 Å². The molecule has 0 aliphatic rings. The van der Waals surface area contributed by atoms with Gasteiger partial charge in [-0.15, -0.1) is 0 Å². The van der Waals surface area contributed by atoms with Gasteiger partial charge in [0.15, 0.2) is 0 Å². The highest BCUT2D eigenvalue weighted by molar-refractivity contribution is 6.32. The summed E-state index contributed by atoms with van der Waals surface area (Å²) in [6.45, 7) is 1.39. The minimum absolute atomic E-state index is 0.0893. The van der Waals surface area contributed by atoms with E-state index in [9.17, 15) is 18.3 Å². The Morgan fingerprint density at radius 3 is 2.38 bits per heavy atom. The molecular weight excluding hydrogens is 243 g/mol. The molecule has 0 spiro atoms. The van der Waals surface area contributed by atoms with Gasteiger partial charge in [-0.3, -0.25) is 0 Å². The lowest BCUT2D eigenvalue weighted by Crippen LogP contribution is -2.24. The molecule has 0 aliphatic heterocycles. The molecule has 1 rings (SSSR count). The Morgan fingerprint density at radius 1 is 1.38 bits per heavy atom. The molecule has 0 amide bonds. The Morgan fingerprint density at radius 2 is 1.94 bits per heavy atom. The van der Waals surface area contributed by atoms with Crippen molar-refractivity contribution >= 4 is 11.6 Å². The van der Waals surface area contributed by atoms with Crippen LogP contribution in [0.5, 0.6) is 0 Å². The Hall–Kier alpha value is -0.780. The van der Waals surface area contributed by atoms with Gasteiger partial charge in [0.25, 0.3) is 0 Å². The van der Waals surface area contributed by atoms with Crippen LogP contribution in [0.15, 0.2) is 18.2 Å². The van der Waals surface area contributed by atoms with Gasteiger partial charge in [-0.2, -0.15) is 13.2 Å². The summed E-state index contributed by atoms with van der Waals surface area (Å²) in [6, 6.07) is 2.52. The highest BCUT2D eigenvalue weighted by atomic mass is 35.5. The van der Waals surface area contributed by atoms with Gasteiger partial charge in [-0.25, -0.2) is 0 Å². The third-order valence-electron chi connectivity index (χ3n) is 2.21. The molecule has 0 heterocycles. The first kappa shape index (κ1) is 13.3. The third kappa shape index (κ3) is 2.66. The van der Waals surface area contributed by atoms with Crippen LogP contribution in [0.3, 0.4) is 0 Å². The summed E-state index contributed by atoms with van der Waals surface area (Å²) in [5.74, 6) is 0. The van der Waals surface area contributed by atoms with Crippen molar-refractivity contribution in [1.29, 1.82) is 0 Å². The highest BCUT2D eigenvalue weighted by Gasteiger charge is 2.34. The second kappa shape index (κ2) is 4.61. The van der Waals surface area contributed by atoms with E-state index in [0.29, 0.717) is 0 Å². The van der Waals surface area contributed by atoms with Gasteiger partial charge in [0.05, 0.1) is 22.7 Å². The van der Waals surface area contributed by atoms with Crippen LogP contribution in [-0.4, -0.2) is 11.2 Å². The van der Waals surface area contributed by atoms with E-state index < -0.39 is 28.9 Å². The smallest absolute Gasteiger partial charge is 0.391 e. The maximum atomic E-state index is 12.5. The summed E-state index contributed by atoms with van der Waals surface area (Å²) in [6.07, 6.45) is -5.49. The predicted molar refractivity (Wildman–Crippen MR) is 55.1 cm³/mol. The number of aliphatic hydroxyl groups excluding tert-OH is 1. The SMILES string of the molecule is C[C@@H](O)[C@H](N)c1cccc(C(F)(F)F)c1Cl. The Balaban J connectivity index is 3.24. The van der Waals surface area contributed by atoms with Gasteiger partial charge in [0, 0.05) is 0 Å². The van der Waals surface area contributed by atoms with Crippen LogP contribution in [0, 0.1) is 0 Å². The van der Waals surface area contributed by atoms with E-state index in [1.807, 2.05) is 0 Å². The highest BCUT2D eigenvalue weighted by Crippen LogP contribution is 2.37. The standard InChI is InChI=1S/C10H11ClF3NO/c1-5(16)9(15)6-3-2-4-7(8(6)11)10(12,13)14/h2-5,9,16H,15H2,1H3/t5-,9+/m1/s1. The third-order valence-corrected chi connectivity index (χ3v) is 2.63. The van der Waals surface area contributed by atoms with Gasteiger partial charge in [0.1, 0.15) is 0 Å². The van der Waals surface area contributed by atoms with Crippen LogP contribution >= 0.6 is 11.6 Å². The lowest BCUT2D eigenvalue weighted by molar-refractivity contribution is -0.137. The van der Waals surface area contributed by atoms with Crippen molar-refractivity contribution < 1.29 is 18.3 Å². The van der Waals surface area contributed by atoms with Crippen molar-refractivity contribution in [1.82, 2.24) is 0 Å². The zero-order valence-corrected chi connectivity index (χ0v) is 9.18. The molecule has 6 heteroatoms. The maximum absolute atomic E-state index is 12.5. The number of nitrogens with two attached hydrogens (primary N) is 1. The van der Waals surface area contributed by atoms with Gasteiger partial charge in [-0.1, -0.05) is 23.7 Å². The number of benzene rings is 1. The molecule has 90 valence electrons. The fraction of sp³-hybridized carbons (Fsp3) is 0.400. The van der Waals surface area contributed by atoms with Crippen molar-refractivity contribution in [2.24, 2.45) is 5.73 Å². The van der Waals surface area contributed by atoms with Crippen molar-refractivity contribution in [3.05, 3.63) is 34.3 Å². The number of hydrogen-bond donors (Lipinski definition) is 2. The van der Waals surface area contributed by atoms with E-state index >= 15 is 0 Å². The summed E-state index contributed by atoms with van der Waals surface area (Å²) >= 11 is 5.62. The molecule has 0 aliphatic carbocycles. The molecule has 3 N–H and O–H groups in total. The van der Waals surface area contributed by atoms with E-state index in [-0.39, 0.29) is 5.56 Å². The molecule has 1 aromatic rings. The summed E-state index contributed by atoms with van der Waals surface area (Å²) in [5, 5.41) is 8.77. The maximum Gasteiger partial charge on any atom is 0.417 e. The second-order valence-corrected chi connectivity index (χ2v) is 3.85. The quantitative estimate of drug-likeness (QED) is 0.851. The molecule has 2 atom stereocenters. The molecule has 0 aromatic heterocycles. The van der Waals surface area contributed by atoms with E-state index in [2.05, 4.69) is 0 Å². The molecule has 0 fully saturated rings. The zero-order valence-electron chi connectivity index (χ0n) is 8.42. The Kier molecular flexibility index (Phi) is 3.83. The summed E-state index contributed by atoms with van der Waals surface area (Å²) in [4.78, 5) is 0. The van der Waals surface area contributed by atoms with Crippen LogP contribution < -0.4 is 5.73 Å². The summed E-state index contributed by atoms with van der Waals surface area (Å²) in [5.41, 5.74) is 4.70. The largest absolute Gasteiger partial charge is 0.417 e. The monoisotopic (exact) mass is 253 g/mol. The number of halogens is 4. The van der Waals surface area contributed by atoms with Crippen LogP contribution in [-0.2, 0) is 6.18 Å². The lowest BCUT2D eigenvalue weighted by Gasteiger charge is -2.19. The van der Waals surface area contributed by atoms with Crippen LogP contribution in [0.1, 0.15) is 24.1 Å². The van der Waals surface area contributed by atoms with Crippen molar-refractivity contribution in [3.8, 4) is 0 Å². The molecule has 2 nitrogen and oxygen atoms in total. The van der Waals surface area contributed by atoms with E-state index in [4.69, 9.17) is 17.3 Å². The first-order valence-corrected chi connectivity index (χ1v) is 4.92. The topological polar surface area (TPSA) is 46.2 Å². The van der Waals surface area contributed by atoms with Crippen LogP contribution in [0.4, 0.5) is 13.2 Å². The fourth-order valence-corrected chi connectivity index (χ4v) is 1.65. The number of alkyl halides is 3. The van der Waals surface area contributed by atoms with Gasteiger partial charge in [-0.05, 0) is 18.6 Å². The van der Waals surface area contributed by atoms with Crippen LogP contribution in [0.25, 0.3) is 0 Å². The lowest BCUT2D eigenvalue weighted by atomic mass is 10.0. The molecule has 0 bridgehead atoms. The van der Waals surface area contributed by atoms with Gasteiger partial charge in [0.2, 0.25) is 0 Å². The molecule has 0 saturated carbocycles. The fourth-order valence-electron chi connectivity index (χ4n) is 1.29. The number of hydrogen-bond acceptors (Lipinski definition) is 2. The summed E-state index contributed by atoms with van der Waals surface area (Å²) < 4.78 is 37.5. The van der Waals surface area contributed by atoms with E-state index in [0.717, 1.165) is 6.07 Å². The molecule has 1 aromatic carbocycles. The number of aliphatic hydroxyl groups is 1. The molecular formula is C10H11ClF3NO. The average molecular weight is 254 g/mol. The minimum atomic E-state index is -4.52. The molecule has 0 saturated heterocycles.